The van der Waals surface area contributed by atoms with Gasteiger partial charge in [0.1, 0.15) is 0 Å². The van der Waals surface area contributed by atoms with Crippen molar-refractivity contribution in [2.24, 2.45) is 0 Å². The van der Waals surface area contributed by atoms with E-state index in [0.717, 1.165) is 29.4 Å². The summed E-state index contributed by atoms with van der Waals surface area (Å²) in [6, 6.07) is 3.75. The van der Waals surface area contributed by atoms with Gasteiger partial charge in [0.2, 0.25) is 0 Å². The molecule has 0 unspecified atom stereocenters. The highest BCUT2D eigenvalue weighted by atomic mass is 16.6. The van der Waals surface area contributed by atoms with Gasteiger partial charge in [-0.1, -0.05) is 6.92 Å². The van der Waals surface area contributed by atoms with Gasteiger partial charge in [-0.05, 0) is 31.9 Å². The van der Waals surface area contributed by atoms with Gasteiger partial charge in [-0.2, -0.15) is 5.10 Å². The van der Waals surface area contributed by atoms with Crippen LogP contribution in [-0.2, 0) is 6.42 Å². The fourth-order valence-corrected chi connectivity index (χ4v) is 2.41. The molecule has 0 amide bonds. The Morgan fingerprint density at radius 2 is 2.10 bits per heavy atom. The maximum atomic E-state index is 11.4. The van der Waals surface area contributed by atoms with Gasteiger partial charge >= 0.3 is 5.97 Å². The summed E-state index contributed by atoms with van der Waals surface area (Å²) in [5, 5.41) is 24.4. The molecule has 0 bridgehead atoms. The lowest BCUT2D eigenvalue weighted by atomic mass is 10.1. The molecule has 0 fully saturated rings. The topological polar surface area (TPSA) is 98.3 Å². The van der Waals surface area contributed by atoms with Crippen LogP contribution < -0.4 is 0 Å². The van der Waals surface area contributed by atoms with Crippen molar-refractivity contribution in [1.82, 2.24) is 9.78 Å². The number of benzene rings is 1. The Bertz CT molecular complexity index is 734. The molecule has 0 aliphatic rings. The molecular weight excluding hydrogens is 274 g/mol. The van der Waals surface area contributed by atoms with Crippen LogP contribution >= 0.6 is 0 Å². The average molecular weight is 289 g/mol. The first-order chi connectivity index (χ1) is 9.86. The molecule has 0 aliphatic carbocycles. The van der Waals surface area contributed by atoms with Crippen molar-refractivity contribution in [1.29, 1.82) is 0 Å². The molecule has 110 valence electrons. The summed E-state index contributed by atoms with van der Waals surface area (Å²) in [5.74, 6) is -1.22. The minimum atomic E-state index is -1.22. The van der Waals surface area contributed by atoms with E-state index in [1.54, 1.807) is 0 Å². The van der Waals surface area contributed by atoms with Crippen LogP contribution in [-0.4, -0.2) is 25.8 Å². The molecule has 7 nitrogen and oxygen atoms in total. The second kappa shape index (κ2) is 5.35. The van der Waals surface area contributed by atoms with Crippen LogP contribution in [0.25, 0.3) is 5.69 Å². The number of non-ortho nitro benzene ring substituents is 1. The highest BCUT2D eigenvalue weighted by Crippen LogP contribution is 2.24. The molecular formula is C14H15N3O4. The zero-order valence-electron chi connectivity index (χ0n) is 12.0. The number of aromatic carboxylic acids is 1. The van der Waals surface area contributed by atoms with E-state index in [9.17, 15) is 20.0 Å². The highest BCUT2D eigenvalue weighted by Gasteiger charge is 2.20. The number of aromatic nitrogens is 2. The number of carbonyl (C=O) groups is 1. The smallest absolute Gasteiger partial charge is 0.338 e. The van der Waals surface area contributed by atoms with Crippen molar-refractivity contribution in [3.05, 3.63) is 50.8 Å². The Hall–Kier alpha value is -2.70. The van der Waals surface area contributed by atoms with Gasteiger partial charge in [-0.25, -0.2) is 9.48 Å². The van der Waals surface area contributed by atoms with Crippen molar-refractivity contribution in [2.45, 2.75) is 27.2 Å². The van der Waals surface area contributed by atoms with Gasteiger partial charge in [0.15, 0.2) is 0 Å². The standard InChI is InChI=1S/C14H15N3O4/c1-4-11-8(2)15-16(9(11)3)13-6-5-10(17(20)21)7-12(13)14(18)19/h5-7H,4H2,1-3H3,(H,18,19). The van der Waals surface area contributed by atoms with Crippen molar-refractivity contribution < 1.29 is 14.8 Å². The largest absolute Gasteiger partial charge is 0.478 e. The molecule has 1 aromatic heterocycles. The lowest BCUT2D eigenvalue weighted by Gasteiger charge is -2.08. The Labute approximate surface area is 121 Å². The minimum absolute atomic E-state index is 0.141. The number of nitro groups is 1. The summed E-state index contributed by atoms with van der Waals surface area (Å²) in [7, 11) is 0. The molecule has 7 heteroatoms. The maximum Gasteiger partial charge on any atom is 0.338 e. The SMILES string of the molecule is CCc1c(C)nn(-c2ccc([N+](=O)[O-])cc2C(=O)O)c1C. The van der Waals surface area contributed by atoms with Gasteiger partial charge in [0.25, 0.3) is 5.69 Å². The third-order valence-corrected chi connectivity index (χ3v) is 3.44. The summed E-state index contributed by atoms with van der Waals surface area (Å²) in [4.78, 5) is 21.5. The predicted molar refractivity (Wildman–Crippen MR) is 76.0 cm³/mol. The third-order valence-electron chi connectivity index (χ3n) is 3.44. The first-order valence-corrected chi connectivity index (χ1v) is 6.44. The van der Waals surface area contributed by atoms with Gasteiger partial charge in [0, 0.05) is 17.8 Å². The van der Waals surface area contributed by atoms with E-state index >= 15 is 0 Å². The molecule has 0 atom stereocenters. The molecule has 21 heavy (non-hydrogen) atoms. The summed E-state index contributed by atoms with van der Waals surface area (Å²) < 4.78 is 1.53. The number of aryl methyl sites for hydroxylation is 1. The second-order valence-corrected chi connectivity index (χ2v) is 4.68. The number of hydrogen-bond acceptors (Lipinski definition) is 4. The number of carboxylic acid groups (broad SMARTS) is 1. The molecule has 0 saturated carbocycles. The van der Waals surface area contributed by atoms with Crippen LogP contribution in [0, 0.1) is 24.0 Å². The number of nitro benzene ring substituents is 1. The second-order valence-electron chi connectivity index (χ2n) is 4.68. The van der Waals surface area contributed by atoms with E-state index in [2.05, 4.69) is 5.10 Å². The summed E-state index contributed by atoms with van der Waals surface area (Å²) in [6.07, 6.45) is 0.785. The van der Waals surface area contributed by atoms with Gasteiger partial charge in [0.05, 0.1) is 21.9 Å². The first-order valence-electron chi connectivity index (χ1n) is 6.44. The number of hydrogen-bond donors (Lipinski definition) is 1. The van der Waals surface area contributed by atoms with Gasteiger partial charge < -0.3 is 5.11 Å². The van der Waals surface area contributed by atoms with E-state index in [4.69, 9.17) is 0 Å². The number of nitrogens with zero attached hydrogens (tertiary/aromatic N) is 3. The monoisotopic (exact) mass is 289 g/mol. The van der Waals surface area contributed by atoms with Crippen LogP contribution in [0.5, 0.6) is 0 Å². The lowest BCUT2D eigenvalue weighted by Crippen LogP contribution is -2.09. The highest BCUT2D eigenvalue weighted by molar-refractivity contribution is 5.92. The fraction of sp³-hybridized carbons (Fsp3) is 0.286. The Morgan fingerprint density at radius 1 is 1.43 bits per heavy atom. The van der Waals surface area contributed by atoms with Crippen molar-refractivity contribution in [2.75, 3.05) is 0 Å². The average Bonchev–Trinajstić information content (AvgIpc) is 2.72. The normalized spacial score (nSPS) is 10.6. The van der Waals surface area contributed by atoms with Gasteiger partial charge in [-0.15, -0.1) is 0 Å². The molecule has 0 spiro atoms. The molecule has 0 saturated heterocycles. The van der Waals surface area contributed by atoms with Crippen LogP contribution in [0.3, 0.4) is 0 Å². The quantitative estimate of drug-likeness (QED) is 0.689. The number of carboxylic acids is 1. The minimum Gasteiger partial charge on any atom is -0.478 e. The Balaban J connectivity index is 2.69. The molecule has 0 aliphatic heterocycles. The summed E-state index contributed by atoms with van der Waals surface area (Å²) >= 11 is 0. The lowest BCUT2D eigenvalue weighted by molar-refractivity contribution is -0.384. The van der Waals surface area contributed by atoms with Crippen molar-refractivity contribution in [3.8, 4) is 5.69 Å². The molecule has 2 rings (SSSR count). The van der Waals surface area contributed by atoms with Crippen LogP contribution in [0.4, 0.5) is 5.69 Å². The fourth-order valence-electron chi connectivity index (χ4n) is 2.41. The van der Waals surface area contributed by atoms with Gasteiger partial charge in [-0.3, -0.25) is 10.1 Å². The Kier molecular flexibility index (Phi) is 3.75. The van der Waals surface area contributed by atoms with E-state index in [0.29, 0.717) is 5.69 Å². The molecule has 2 aromatic rings. The Morgan fingerprint density at radius 3 is 2.57 bits per heavy atom. The van der Waals surface area contributed by atoms with Crippen LogP contribution in [0.2, 0.25) is 0 Å². The van der Waals surface area contributed by atoms with E-state index < -0.39 is 10.9 Å². The molecule has 1 heterocycles. The van der Waals surface area contributed by atoms with Crippen molar-refractivity contribution >= 4 is 11.7 Å². The van der Waals surface area contributed by atoms with E-state index in [1.165, 1.54) is 16.8 Å². The zero-order valence-corrected chi connectivity index (χ0v) is 12.0. The summed E-state index contributed by atoms with van der Waals surface area (Å²) in [6.45, 7) is 5.70. The zero-order chi connectivity index (χ0) is 15.7. The summed E-state index contributed by atoms with van der Waals surface area (Å²) in [5.41, 5.74) is 2.64. The van der Waals surface area contributed by atoms with Crippen molar-refractivity contribution in [3.63, 3.8) is 0 Å². The number of rotatable bonds is 4. The predicted octanol–water partition coefficient (Wildman–Crippen LogP) is 2.66. The van der Waals surface area contributed by atoms with Crippen LogP contribution in [0.15, 0.2) is 18.2 Å². The van der Waals surface area contributed by atoms with E-state index in [1.807, 2.05) is 20.8 Å². The molecule has 1 aromatic carbocycles. The third kappa shape index (κ3) is 2.49. The first kappa shape index (κ1) is 14.7. The molecule has 1 N–H and O–H groups in total. The maximum absolute atomic E-state index is 11.4. The van der Waals surface area contributed by atoms with Crippen LogP contribution in [0.1, 0.15) is 34.2 Å². The van der Waals surface area contributed by atoms with E-state index in [-0.39, 0.29) is 11.3 Å². The molecule has 0 radical (unpaired) electrons.